The van der Waals surface area contributed by atoms with E-state index in [9.17, 15) is 9.59 Å². The van der Waals surface area contributed by atoms with E-state index in [1.54, 1.807) is 0 Å². The molecule has 0 spiro atoms. The van der Waals surface area contributed by atoms with E-state index in [1.165, 1.54) is 0 Å². The summed E-state index contributed by atoms with van der Waals surface area (Å²) in [5.41, 5.74) is -0.785. The minimum Gasteiger partial charge on any atom is -0.313 e. The molecule has 0 atom stereocenters. The van der Waals surface area contributed by atoms with E-state index in [2.05, 4.69) is 0 Å². The van der Waals surface area contributed by atoms with Gasteiger partial charge in [-0.25, -0.2) is 0 Å². The van der Waals surface area contributed by atoms with Crippen molar-refractivity contribution in [3.63, 3.8) is 0 Å². The maximum Gasteiger partial charge on any atom is 0.167 e. The molecule has 0 N–H and O–H groups in total. The van der Waals surface area contributed by atoms with Gasteiger partial charge in [0.15, 0.2) is 15.7 Å². The highest BCUT2D eigenvalue weighted by molar-refractivity contribution is 6.58. The first-order chi connectivity index (χ1) is 4.13. The van der Waals surface area contributed by atoms with Crippen LogP contribution in [0.1, 0.15) is 19.3 Å². The van der Waals surface area contributed by atoms with E-state index in [1.807, 2.05) is 0 Å². The van der Waals surface area contributed by atoms with E-state index in [0.717, 1.165) is 0 Å². The molecular formula is C5H6B2O2. The molecule has 0 aliphatic heterocycles. The standard InChI is InChI=1S/C5H6B2O2/c6-4(8)2-1-3-5(7)9/h1-3H2. The highest BCUT2D eigenvalue weighted by Gasteiger charge is 1.94. The lowest BCUT2D eigenvalue weighted by atomic mass is 9.92. The van der Waals surface area contributed by atoms with Gasteiger partial charge in [0.2, 0.25) is 0 Å². The summed E-state index contributed by atoms with van der Waals surface area (Å²) in [6.07, 6.45) is 0.941. The second-order valence-electron chi connectivity index (χ2n) is 1.79. The number of carbonyl (C=O) groups excluding carboxylic acids is 2. The average Bonchev–Trinajstić information content (AvgIpc) is 1.63. The van der Waals surface area contributed by atoms with Crippen molar-refractivity contribution in [1.82, 2.24) is 0 Å². The molecule has 0 aliphatic carbocycles. The summed E-state index contributed by atoms with van der Waals surface area (Å²) in [6.45, 7) is 0. The quantitative estimate of drug-likeness (QED) is 0.470. The number of carbonyl (C=O) groups is 2. The minimum absolute atomic E-state index is 0.239. The molecule has 4 heteroatoms. The van der Waals surface area contributed by atoms with Crippen LogP contribution in [-0.2, 0) is 9.59 Å². The predicted octanol–water partition coefficient (Wildman–Crippen LogP) is -0.453. The Morgan fingerprint density at radius 1 is 1.00 bits per heavy atom. The van der Waals surface area contributed by atoms with Crippen LogP contribution < -0.4 is 0 Å². The van der Waals surface area contributed by atoms with Crippen molar-refractivity contribution in [1.29, 1.82) is 0 Å². The number of hydrogen-bond acceptors (Lipinski definition) is 2. The lowest BCUT2D eigenvalue weighted by Gasteiger charge is -1.91. The van der Waals surface area contributed by atoms with Crippen LogP contribution in [0.15, 0.2) is 0 Å². The summed E-state index contributed by atoms with van der Waals surface area (Å²) >= 11 is 0. The Morgan fingerprint density at radius 3 is 1.56 bits per heavy atom. The smallest absolute Gasteiger partial charge is 0.167 e. The molecule has 0 aromatic rings. The van der Waals surface area contributed by atoms with Gasteiger partial charge in [-0.3, -0.25) is 0 Å². The molecule has 0 aliphatic rings. The molecular weight excluding hydrogens is 114 g/mol. The van der Waals surface area contributed by atoms with Gasteiger partial charge in [0.1, 0.15) is 0 Å². The normalized spacial score (nSPS) is 8.89. The van der Waals surface area contributed by atoms with Gasteiger partial charge in [-0.15, -0.1) is 0 Å². The molecule has 4 radical (unpaired) electrons. The van der Waals surface area contributed by atoms with Crippen LogP contribution in [0, 0.1) is 0 Å². The van der Waals surface area contributed by atoms with Gasteiger partial charge in [0.25, 0.3) is 0 Å². The SMILES string of the molecule is [B]C(=O)CCCC([B])=O. The largest absolute Gasteiger partial charge is 0.313 e. The third-order valence-electron chi connectivity index (χ3n) is 0.846. The van der Waals surface area contributed by atoms with Crippen LogP contribution in [0.4, 0.5) is 0 Å². The van der Waals surface area contributed by atoms with E-state index in [-0.39, 0.29) is 12.8 Å². The van der Waals surface area contributed by atoms with E-state index >= 15 is 0 Å². The van der Waals surface area contributed by atoms with Gasteiger partial charge in [0.05, 0.1) is 11.4 Å². The molecule has 0 saturated heterocycles. The van der Waals surface area contributed by atoms with Crippen molar-refractivity contribution in [2.75, 3.05) is 0 Å². The summed E-state index contributed by atoms with van der Waals surface area (Å²) in [5, 5.41) is 0. The lowest BCUT2D eigenvalue weighted by molar-refractivity contribution is -0.112. The first-order valence-electron chi connectivity index (χ1n) is 2.69. The van der Waals surface area contributed by atoms with Crippen molar-refractivity contribution < 1.29 is 9.59 Å². The molecule has 0 aromatic carbocycles. The zero-order chi connectivity index (χ0) is 7.28. The van der Waals surface area contributed by atoms with E-state index < -0.39 is 11.4 Å². The van der Waals surface area contributed by atoms with Crippen LogP contribution in [0.2, 0.25) is 0 Å². The fourth-order valence-electron chi connectivity index (χ4n) is 0.437. The Bertz CT molecular complexity index is 108. The maximum atomic E-state index is 10.1. The Labute approximate surface area is 56.8 Å². The maximum absolute atomic E-state index is 10.1. The molecule has 0 unspecified atom stereocenters. The highest BCUT2D eigenvalue weighted by Crippen LogP contribution is 1.93. The van der Waals surface area contributed by atoms with Crippen molar-refractivity contribution in [3.05, 3.63) is 0 Å². The Hall–Kier alpha value is -0.530. The van der Waals surface area contributed by atoms with Crippen molar-refractivity contribution in [2.24, 2.45) is 0 Å². The Kier molecular flexibility index (Phi) is 4.10. The Morgan fingerprint density at radius 2 is 1.33 bits per heavy atom. The van der Waals surface area contributed by atoms with Crippen molar-refractivity contribution in [3.8, 4) is 0 Å². The van der Waals surface area contributed by atoms with Crippen LogP contribution in [0.5, 0.6) is 0 Å². The highest BCUT2D eigenvalue weighted by atomic mass is 16.1. The second kappa shape index (κ2) is 4.36. The van der Waals surface area contributed by atoms with Crippen LogP contribution >= 0.6 is 0 Å². The molecule has 0 saturated carbocycles. The predicted molar refractivity (Wildman–Crippen MR) is 35.4 cm³/mol. The molecule has 44 valence electrons. The molecule has 0 rings (SSSR count). The first kappa shape index (κ1) is 8.47. The molecule has 0 amide bonds. The summed E-state index contributed by atoms with van der Waals surface area (Å²) in [6, 6.07) is 0. The number of hydrogen-bond donors (Lipinski definition) is 0. The van der Waals surface area contributed by atoms with Gasteiger partial charge in [-0.1, -0.05) is 0 Å². The number of rotatable bonds is 4. The zero-order valence-electron chi connectivity index (χ0n) is 5.09. The summed E-state index contributed by atoms with van der Waals surface area (Å²) in [7, 11) is 9.58. The van der Waals surface area contributed by atoms with Gasteiger partial charge in [0, 0.05) is 0 Å². The van der Waals surface area contributed by atoms with Gasteiger partial charge >= 0.3 is 0 Å². The molecule has 2 nitrogen and oxygen atoms in total. The van der Waals surface area contributed by atoms with Crippen molar-refractivity contribution >= 4 is 27.1 Å². The molecule has 0 heterocycles. The summed E-state index contributed by atoms with van der Waals surface area (Å²) < 4.78 is 0. The van der Waals surface area contributed by atoms with Crippen LogP contribution in [0.25, 0.3) is 0 Å². The minimum atomic E-state index is -0.392. The third kappa shape index (κ3) is 7.47. The zero-order valence-corrected chi connectivity index (χ0v) is 5.09. The summed E-state index contributed by atoms with van der Waals surface area (Å²) in [4.78, 5) is 20.1. The molecule has 0 aromatic heterocycles. The molecule has 0 bridgehead atoms. The monoisotopic (exact) mass is 120 g/mol. The van der Waals surface area contributed by atoms with E-state index in [0.29, 0.717) is 6.42 Å². The lowest BCUT2D eigenvalue weighted by Crippen LogP contribution is -2.00. The van der Waals surface area contributed by atoms with Gasteiger partial charge in [-0.2, -0.15) is 0 Å². The molecule has 0 fully saturated rings. The fourth-order valence-corrected chi connectivity index (χ4v) is 0.437. The third-order valence-corrected chi connectivity index (χ3v) is 0.846. The summed E-state index contributed by atoms with van der Waals surface area (Å²) in [5.74, 6) is 0. The van der Waals surface area contributed by atoms with Gasteiger partial charge in [-0.05, 0) is 19.3 Å². The average molecular weight is 120 g/mol. The topological polar surface area (TPSA) is 34.1 Å². The van der Waals surface area contributed by atoms with Crippen LogP contribution in [0.3, 0.4) is 0 Å². The second-order valence-corrected chi connectivity index (χ2v) is 1.79. The fraction of sp³-hybridized carbons (Fsp3) is 0.600. The first-order valence-corrected chi connectivity index (χ1v) is 2.69. The van der Waals surface area contributed by atoms with Crippen molar-refractivity contribution in [2.45, 2.75) is 19.3 Å². The Balaban J connectivity index is 3.10. The van der Waals surface area contributed by atoms with E-state index in [4.69, 9.17) is 15.7 Å². The van der Waals surface area contributed by atoms with Gasteiger partial charge < -0.3 is 9.59 Å². The molecule has 9 heavy (non-hydrogen) atoms. The van der Waals surface area contributed by atoms with Crippen LogP contribution in [-0.4, -0.2) is 27.1 Å².